The topological polar surface area (TPSA) is 68.5 Å². The minimum Gasteiger partial charge on any atom is -0.494 e. The van der Waals surface area contributed by atoms with E-state index in [1.807, 2.05) is 25.1 Å². The summed E-state index contributed by atoms with van der Waals surface area (Å²) in [5.74, 6) is 0.260. The van der Waals surface area contributed by atoms with E-state index in [0.717, 1.165) is 5.56 Å². The molecular formula is C20H18ClNO4. The second-order valence-electron chi connectivity index (χ2n) is 5.71. The summed E-state index contributed by atoms with van der Waals surface area (Å²) in [6.45, 7) is 2.79. The molecule has 134 valence electrons. The van der Waals surface area contributed by atoms with Crippen molar-refractivity contribution in [1.82, 2.24) is 5.32 Å². The number of benzene rings is 2. The van der Waals surface area contributed by atoms with Crippen LogP contribution in [0, 0.1) is 0 Å². The maximum Gasteiger partial charge on any atom is 0.337 e. The average Bonchev–Trinajstić information content (AvgIpc) is 2.61. The molecule has 0 aliphatic heterocycles. The number of nitrogens with one attached hydrogen (secondary N) is 1. The summed E-state index contributed by atoms with van der Waals surface area (Å²) in [5.41, 5.74) is 1.05. The Labute approximate surface area is 155 Å². The van der Waals surface area contributed by atoms with Gasteiger partial charge in [0.2, 0.25) is 0 Å². The number of halogens is 1. The Balaban J connectivity index is 1.78. The molecule has 3 rings (SSSR count). The van der Waals surface area contributed by atoms with Crippen molar-refractivity contribution in [1.29, 1.82) is 0 Å². The molecule has 0 saturated heterocycles. The van der Waals surface area contributed by atoms with E-state index in [2.05, 4.69) is 5.32 Å². The molecule has 5 nitrogen and oxygen atoms in total. The SMILES string of the molecule is CCOc1ccc2c(C(=O)NCCc3cccc(Cl)c3)cc(=O)oc2c1. The predicted octanol–water partition coefficient (Wildman–Crippen LogP) is 3.82. The first-order valence-corrected chi connectivity index (χ1v) is 8.68. The molecule has 6 heteroatoms. The Morgan fingerprint density at radius 1 is 1.19 bits per heavy atom. The lowest BCUT2D eigenvalue weighted by Gasteiger charge is -2.09. The number of carbonyl (C=O) groups is 1. The van der Waals surface area contributed by atoms with E-state index in [1.165, 1.54) is 6.07 Å². The summed E-state index contributed by atoms with van der Waals surface area (Å²) in [5, 5.41) is 4.05. The molecule has 0 atom stereocenters. The Morgan fingerprint density at radius 3 is 2.81 bits per heavy atom. The zero-order valence-corrected chi connectivity index (χ0v) is 15.0. The lowest BCUT2D eigenvalue weighted by molar-refractivity contribution is 0.0955. The number of ether oxygens (including phenoxy) is 1. The van der Waals surface area contributed by atoms with Crippen LogP contribution in [0.4, 0.5) is 0 Å². The minimum absolute atomic E-state index is 0.283. The van der Waals surface area contributed by atoms with Gasteiger partial charge in [-0.25, -0.2) is 4.79 Å². The molecule has 2 aromatic carbocycles. The van der Waals surface area contributed by atoms with E-state index in [0.29, 0.717) is 41.3 Å². The van der Waals surface area contributed by atoms with Crippen molar-refractivity contribution in [3.63, 3.8) is 0 Å². The molecule has 0 fully saturated rings. The van der Waals surface area contributed by atoms with Gasteiger partial charge in [-0.2, -0.15) is 0 Å². The van der Waals surface area contributed by atoms with Crippen LogP contribution in [-0.4, -0.2) is 19.1 Å². The van der Waals surface area contributed by atoms with Gasteiger partial charge in [0.15, 0.2) is 0 Å². The van der Waals surface area contributed by atoms with Gasteiger partial charge in [-0.05, 0) is 43.2 Å². The predicted molar refractivity (Wildman–Crippen MR) is 101 cm³/mol. The molecule has 1 amide bonds. The second-order valence-corrected chi connectivity index (χ2v) is 6.14. The molecule has 1 aromatic heterocycles. The van der Waals surface area contributed by atoms with Gasteiger partial charge in [-0.15, -0.1) is 0 Å². The number of rotatable bonds is 6. The van der Waals surface area contributed by atoms with Gasteiger partial charge in [0.1, 0.15) is 11.3 Å². The van der Waals surface area contributed by atoms with Crippen LogP contribution in [0.1, 0.15) is 22.8 Å². The fraction of sp³-hybridized carbons (Fsp3) is 0.200. The summed E-state index contributed by atoms with van der Waals surface area (Å²) in [7, 11) is 0. The van der Waals surface area contributed by atoms with Crippen molar-refractivity contribution in [2.75, 3.05) is 13.2 Å². The highest BCUT2D eigenvalue weighted by Gasteiger charge is 2.13. The molecule has 1 heterocycles. The van der Waals surface area contributed by atoms with Crippen molar-refractivity contribution in [2.45, 2.75) is 13.3 Å². The van der Waals surface area contributed by atoms with Crippen molar-refractivity contribution in [3.8, 4) is 5.75 Å². The molecule has 0 spiro atoms. The molecule has 0 aliphatic rings. The minimum atomic E-state index is -0.578. The van der Waals surface area contributed by atoms with Gasteiger partial charge >= 0.3 is 5.63 Å². The van der Waals surface area contributed by atoms with Crippen molar-refractivity contribution in [2.24, 2.45) is 0 Å². The van der Waals surface area contributed by atoms with Crippen LogP contribution >= 0.6 is 11.6 Å². The summed E-state index contributed by atoms with van der Waals surface area (Å²) in [6, 6.07) is 13.8. The highest BCUT2D eigenvalue weighted by Crippen LogP contribution is 2.22. The Morgan fingerprint density at radius 2 is 2.04 bits per heavy atom. The van der Waals surface area contributed by atoms with Gasteiger partial charge in [0, 0.05) is 29.1 Å². The van der Waals surface area contributed by atoms with Gasteiger partial charge in [-0.1, -0.05) is 23.7 Å². The van der Waals surface area contributed by atoms with Gasteiger partial charge in [0.05, 0.1) is 12.2 Å². The molecule has 1 N–H and O–H groups in total. The molecule has 26 heavy (non-hydrogen) atoms. The van der Waals surface area contributed by atoms with E-state index in [1.54, 1.807) is 24.3 Å². The van der Waals surface area contributed by atoms with E-state index >= 15 is 0 Å². The molecule has 3 aromatic rings. The van der Waals surface area contributed by atoms with Crippen LogP contribution in [0.15, 0.2) is 57.7 Å². The van der Waals surface area contributed by atoms with E-state index in [9.17, 15) is 9.59 Å². The summed E-state index contributed by atoms with van der Waals surface area (Å²) in [6.07, 6.45) is 0.639. The largest absolute Gasteiger partial charge is 0.494 e. The molecule has 0 saturated carbocycles. The fourth-order valence-electron chi connectivity index (χ4n) is 2.70. The van der Waals surface area contributed by atoms with Gasteiger partial charge in [0.25, 0.3) is 5.91 Å². The summed E-state index contributed by atoms with van der Waals surface area (Å²) >= 11 is 5.96. The quantitative estimate of drug-likeness (QED) is 0.669. The van der Waals surface area contributed by atoms with Crippen molar-refractivity contribution < 1.29 is 13.9 Å². The van der Waals surface area contributed by atoms with Crippen molar-refractivity contribution in [3.05, 3.63) is 75.1 Å². The maximum absolute atomic E-state index is 12.5. The van der Waals surface area contributed by atoms with Crippen LogP contribution in [0.3, 0.4) is 0 Å². The maximum atomic E-state index is 12.5. The van der Waals surface area contributed by atoms with Crippen LogP contribution in [0.2, 0.25) is 5.02 Å². The highest BCUT2D eigenvalue weighted by atomic mass is 35.5. The monoisotopic (exact) mass is 371 g/mol. The lowest BCUT2D eigenvalue weighted by atomic mass is 10.1. The van der Waals surface area contributed by atoms with Crippen molar-refractivity contribution >= 4 is 28.5 Å². The standard InChI is InChI=1S/C20H18ClNO4/c1-2-25-15-6-7-16-17(12-19(23)26-18(16)11-15)20(24)22-9-8-13-4-3-5-14(21)10-13/h3-7,10-12H,2,8-9H2,1H3,(H,22,24). The number of fused-ring (bicyclic) bond motifs is 1. The first-order valence-electron chi connectivity index (χ1n) is 8.30. The number of carbonyl (C=O) groups excluding carboxylic acids is 1. The lowest BCUT2D eigenvalue weighted by Crippen LogP contribution is -2.26. The van der Waals surface area contributed by atoms with E-state index in [-0.39, 0.29) is 11.5 Å². The molecular weight excluding hydrogens is 354 g/mol. The third-order valence-electron chi connectivity index (χ3n) is 3.86. The van der Waals surface area contributed by atoms with Gasteiger partial charge in [-0.3, -0.25) is 4.79 Å². The molecule has 0 unspecified atom stereocenters. The summed E-state index contributed by atoms with van der Waals surface area (Å²) in [4.78, 5) is 24.3. The zero-order chi connectivity index (χ0) is 18.5. The average molecular weight is 372 g/mol. The summed E-state index contributed by atoms with van der Waals surface area (Å²) < 4.78 is 10.6. The fourth-order valence-corrected chi connectivity index (χ4v) is 2.91. The molecule has 0 aliphatic carbocycles. The number of amides is 1. The zero-order valence-electron chi connectivity index (χ0n) is 14.3. The number of hydrogen-bond donors (Lipinski definition) is 1. The molecule has 0 radical (unpaired) electrons. The van der Waals surface area contributed by atoms with E-state index in [4.69, 9.17) is 20.8 Å². The second kappa shape index (κ2) is 8.06. The van der Waals surface area contributed by atoms with Crippen LogP contribution in [0.5, 0.6) is 5.75 Å². The van der Waals surface area contributed by atoms with Gasteiger partial charge < -0.3 is 14.5 Å². The first kappa shape index (κ1) is 18.0. The smallest absolute Gasteiger partial charge is 0.337 e. The Kier molecular flexibility index (Phi) is 5.58. The van der Waals surface area contributed by atoms with Crippen LogP contribution < -0.4 is 15.7 Å². The number of hydrogen-bond acceptors (Lipinski definition) is 4. The highest BCUT2D eigenvalue weighted by molar-refractivity contribution is 6.30. The first-order chi connectivity index (χ1) is 12.6. The molecule has 0 bridgehead atoms. The third kappa shape index (κ3) is 4.24. The Hall–Kier alpha value is -2.79. The van der Waals surface area contributed by atoms with Crippen LogP contribution in [-0.2, 0) is 6.42 Å². The van der Waals surface area contributed by atoms with Crippen LogP contribution in [0.25, 0.3) is 11.0 Å². The normalized spacial score (nSPS) is 10.7. The van der Waals surface area contributed by atoms with E-state index < -0.39 is 5.63 Å². The third-order valence-corrected chi connectivity index (χ3v) is 4.09. The Bertz CT molecular complexity index is 997.